The Kier molecular flexibility index (Phi) is 5.81. The second kappa shape index (κ2) is 8.02. The lowest BCUT2D eigenvalue weighted by Crippen LogP contribution is -2.28. The van der Waals surface area contributed by atoms with Crippen LogP contribution in [0.25, 0.3) is 0 Å². The number of halogens is 3. The van der Waals surface area contributed by atoms with E-state index in [1.54, 1.807) is 31.2 Å². The van der Waals surface area contributed by atoms with Crippen LogP contribution < -0.4 is 11.1 Å². The van der Waals surface area contributed by atoms with Crippen LogP contribution in [-0.2, 0) is 6.42 Å². The van der Waals surface area contributed by atoms with Crippen LogP contribution in [0.3, 0.4) is 0 Å². The number of rotatable bonds is 4. The average Bonchev–Trinajstić information content (AvgIpc) is 3.22. The van der Waals surface area contributed by atoms with Crippen LogP contribution in [0.2, 0.25) is 0 Å². The molecule has 0 aliphatic heterocycles. The number of anilines is 2. The average molecular weight is 525 g/mol. The number of nitrogen functional groups attached to an aromatic ring is 1. The maximum atomic E-state index is 14.7. The van der Waals surface area contributed by atoms with Gasteiger partial charge in [-0.1, -0.05) is 6.07 Å². The molecule has 0 saturated heterocycles. The molecule has 1 heterocycles. The minimum absolute atomic E-state index is 0. The fourth-order valence-electron chi connectivity index (χ4n) is 3.52. The Hall–Kier alpha value is -3.00. The fourth-order valence-corrected chi connectivity index (χ4v) is 3.52. The molecular formula is C21H22F2IN5O. The molecule has 3 aromatic rings. The van der Waals surface area contributed by atoms with Crippen LogP contribution in [0.15, 0.2) is 47.0 Å². The fraction of sp³-hybridized carbons (Fsp3) is 0.190. The number of nitrogens with zero attached hydrogens (tertiary/aromatic N) is 2. The summed E-state index contributed by atoms with van der Waals surface area (Å²) in [7, 11) is 0. The molecule has 1 aromatic heterocycles. The first-order valence-corrected chi connectivity index (χ1v) is 8.87. The molecule has 9 heteroatoms. The van der Waals surface area contributed by atoms with Crippen LogP contribution >= 0.6 is 24.0 Å². The zero-order valence-corrected chi connectivity index (χ0v) is 18.2. The molecule has 2 aromatic carbocycles. The number of alkyl halides is 2. The van der Waals surface area contributed by atoms with Crippen LogP contribution in [0, 0.1) is 23.7 Å². The van der Waals surface area contributed by atoms with E-state index in [1.807, 2.05) is 6.07 Å². The van der Waals surface area contributed by atoms with Gasteiger partial charge in [-0.15, -0.1) is 24.0 Å². The lowest BCUT2D eigenvalue weighted by molar-refractivity contribution is -0.00705. The highest BCUT2D eigenvalue weighted by Gasteiger charge is 2.47. The molecule has 6 nitrogen and oxygen atoms in total. The van der Waals surface area contributed by atoms with Gasteiger partial charge in [0, 0.05) is 33.1 Å². The van der Waals surface area contributed by atoms with Gasteiger partial charge in [0.05, 0.1) is 17.8 Å². The van der Waals surface area contributed by atoms with E-state index < -0.39 is 18.4 Å². The third kappa shape index (κ3) is 3.87. The zero-order chi connectivity index (χ0) is 20.8. The van der Waals surface area contributed by atoms with Crippen molar-refractivity contribution in [3.63, 3.8) is 0 Å². The van der Waals surface area contributed by atoms with E-state index in [0.29, 0.717) is 39.5 Å². The van der Waals surface area contributed by atoms with E-state index in [2.05, 4.69) is 10.3 Å². The Morgan fingerprint density at radius 1 is 1.37 bits per heavy atom. The number of aromatic nitrogens is 1. The number of aryl methyl sites for hydroxylation is 1. The highest BCUT2D eigenvalue weighted by molar-refractivity contribution is 14.0. The van der Waals surface area contributed by atoms with Crippen molar-refractivity contribution < 1.29 is 16.1 Å². The molecule has 30 heavy (non-hydrogen) atoms. The molecule has 0 radical (unpaired) electrons. The topological polar surface area (TPSA) is 112 Å². The van der Waals surface area contributed by atoms with E-state index in [4.69, 9.17) is 20.8 Å². The zero-order valence-electron chi connectivity index (χ0n) is 15.9. The maximum absolute atomic E-state index is 14.7. The Balaban J connectivity index is 0.00000171. The van der Waals surface area contributed by atoms with Crippen molar-refractivity contribution in [1.82, 2.24) is 4.98 Å². The SMILES string of the molecule is Cc1ncc(C(=N)c2cc(N[C@H]3c4ccc(C#N)cc4CC3(F)F)ccc2N)o1.I.[HH].[HH]. The van der Waals surface area contributed by atoms with Gasteiger partial charge in [-0.25, -0.2) is 13.8 Å². The van der Waals surface area contributed by atoms with Crippen LogP contribution in [0.1, 0.15) is 42.8 Å². The summed E-state index contributed by atoms with van der Waals surface area (Å²) < 4.78 is 34.8. The summed E-state index contributed by atoms with van der Waals surface area (Å²) in [5.41, 5.74) is 8.35. The molecule has 4 N–H and O–H groups in total. The summed E-state index contributed by atoms with van der Waals surface area (Å²) in [6, 6.07) is 10.0. The van der Waals surface area contributed by atoms with E-state index in [1.165, 1.54) is 18.3 Å². The molecule has 0 unspecified atom stereocenters. The molecule has 1 atom stereocenters. The molecule has 158 valence electrons. The summed E-state index contributed by atoms with van der Waals surface area (Å²) in [5, 5.41) is 20.2. The predicted octanol–water partition coefficient (Wildman–Crippen LogP) is 5.31. The molecule has 0 spiro atoms. The summed E-state index contributed by atoms with van der Waals surface area (Å²) >= 11 is 0. The summed E-state index contributed by atoms with van der Waals surface area (Å²) in [6.07, 6.45) is 0.982. The van der Waals surface area contributed by atoms with Gasteiger partial charge < -0.3 is 15.5 Å². The summed E-state index contributed by atoms with van der Waals surface area (Å²) in [6.45, 7) is 1.66. The van der Waals surface area contributed by atoms with Crippen molar-refractivity contribution in [2.24, 2.45) is 0 Å². The molecule has 1 aliphatic rings. The Morgan fingerprint density at radius 3 is 2.80 bits per heavy atom. The summed E-state index contributed by atoms with van der Waals surface area (Å²) in [4.78, 5) is 3.97. The monoisotopic (exact) mass is 525 g/mol. The number of oxazole rings is 1. The number of fused-ring (bicyclic) bond motifs is 1. The molecule has 4 rings (SSSR count). The molecule has 0 bridgehead atoms. The lowest BCUT2D eigenvalue weighted by Gasteiger charge is -2.23. The van der Waals surface area contributed by atoms with Gasteiger partial charge in [-0.05, 0) is 41.5 Å². The molecule has 0 saturated carbocycles. The van der Waals surface area contributed by atoms with Crippen molar-refractivity contribution in [3.05, 3.63) is 76.5 Å². The molecule has 0 fully saturated rings. The highest BCUT2D eigenvalue weighted by atomic mass is 127. The van der Waals surface area contributed by atoms with E-state index >= 15 is 0 Å². The van der Waals surface area contributed by atoms with Crippen molar-refractivity contribution >= 4 is 41.1 Å². The van der Waals surface area contributed by atoms with Gasteiger partial charge in [-0.2, -0.15) is 5.26 Å². The van der Waals surface area contributed by atoms with Crippen molar-refractivity contribution in [2.75, 3.05) is 11.1 Å². The number of benzene rings is 2. The Morgan fingerprint density at radius 2 is 2.13 bits per heavy atom. The first-order chi connectivity index (χ1) is 13.8. The quantitative estimate of drug-likeness (QED) is 0.243. The van der Waals surface area contributed by atoms with Crippen molar-refractivity contribution in [2.45, 2.75) is 25.3 Å². The lowest BCUT2D eigenvalue weighted by atomic mass is 10.0. The Bertz CT molecular complexity index is 1180. The van der Waals surface area contributed by atoms with Gasteiger partial charge >= 0.3 is 0 Å². The van der Waals surface area contributed by atoms with Gasteiger partial charge in [-0.3, -0.25) is 5.41 Å². The van der Waals surface area contributed by atoms with Gasteiger partial charge in [0.15, 0.2) is 11.7 Å². The van der Waals surface area contributed by atoms with Gasteiger partial charge in [0.1, 0.15) is 11.8 Å². The van der Waals surface area contributed by atoms with E-state index in [9.17, 15) is 8.78 Å². The van der Waals surface area contributed by atoms with E-state index in [0.717, 1.165) is 0 Å². The number of hydrogen-bond acceptors (Lipinski definition) is 6. The second-order valence-electron chi connectivity index (χ2n) is 6.96. The molecule has 0 amide bonds. The first kappa shape index (κ1) is 21.7. The highest BCUT2D eigenvalue weighted by Crippen LogP contribution is 2.45. The first-order valence-electron chi connectivity index (χ1n) is 8.87. The smallest absolute Gasteiger partial charge is 0.275 e. The summed E-state index contributed by atoms with van der Waals surface area (Å²) in [5.74, 6) is -2.36. The van der Waals surface area contributed by atoms with Crippen molar-refractivity contribution in [3.8, 4) is 6.07 Å². The standard InChI is InChI=1S/C21H17F2N5O.HI.2H2/c1-11-27-10-18(29-11)19(26)16-7-14(3-5-17(16)25)28-20-15-4-2-12(9-24)6-13(15)8-21(20,22)23;;;/h2-7,10,20,26,28H,8,25H2,1H3;3*1H/t20-;;;/m0.../s1. The van der Waals surface area contributed by atoms with Crippen LogP contribution in [0.4, 0.5) is 20.2 Å². The minimum atomic E-state index is -3.02. The van der Waals surface area contributed by atoms with Crippen LogP contribution in [0.5, 0.6) is 0 Å². The number of hydrogen-bond donors (Lipinski definition) is 3. The van der Waals surface area contributed by atoms with Crippen molar-refractivity contribution in [1.29, 1.82) is 10.7 Å². The predicted molar refractivity (Wildman–Crippen MR) is 124 cm³/mol. The maximum Gasteiger partial charge on any atom is 0.275 e. The largest absolute Gasteiger partial charge is 0.439 e. The minimum Gasteiger partial charge on any atom is -0.439 e. The second-order valence-corrected chi connectivity index (χ2v) is 6.96. The normalized spacial score (nSPS) is 16.3. The third-order valence-electron chi connectivity index (χ3n) is 4.93. The van der Waals surface area contributed by atoms with Gasteiger partial charge in [0.25, 0.3) is 5.92 Å². The molecular weight excluding hydrogens is 503 g/mol. The number of nitrogens with two attached hydrogens (primary N) is 1. The van der Waals surface area contributed by atoms with Crippen LogP contribution in [-0.4, -0.2) is 16.6 Å². The Labute approximate surface area is 191 Å². The molecule has 1 aliphatic carbocycles. The number of nitrogens with one attached hydrogen (secondary N) is 2. The van der Waals surface area contributed by atoms with Gasteiger partial charge in [0.2, 0.25) is 0 Å². The van der Waals surface area contributed by atoms with E-state index in [-0.39, 0.29) is 38.3 Å². The number of nitriles is 1. The third-order valence-corrected chi connectivity index (χ3v) is 4.93.